The highest BCUT2D eigenvalue weighted by atomic mass is 19.2. The molecular weight excluding hydrogens is 500 g/mol. The molecule has 4 aromatic rings. The van der Waals surface area contributed by atoms with Crippen LogP contribution in [-0.4, -0.2) is 33.7 Å². The summed E-state index contributed by atoms with van der Waals surface area (Å²) in [5, 5.41) is 4.12. The lowest BCUT2D eigenvalue weighted by Gasteiger charge is -2.34. The number of halogens is 2. The van der Waals surface area contributed by atoms with Crippen molar-refractivity contribution in [1.82, 2.24) is 14.7 Å². The predicted octanol–water partition coefficient (Wildman–Crippen LogP) is 7.34. The van der Waals surface area contributed by atoms with Gasteiger partial charge in [-0.1, -0.05) is 17.3 Å². The van der Waals surface area contributed by atoms with E-state index in [2.05, 4.69) is 27.9 Å². The maximum atomic E-state index is 14.3. The van der Waals surface area contributed by atoms with Crippen molar-refractivity contribution in [1.29, 1.82) is 0 Å². The molecule has 0 aliphatic heterocycles. The molecule has 0 amide bonds. The molecule has 2 aliphatic carbocycles. The fourth-order valence-corrected chi connectivity index (χ4v) is 6.80. The summed E-state index contributed by atoms with van der Waals surface area (Å²) < 4.78 is 41.5. The topological polar surface area (TPSA) is 70.2 Å². The van der Waals surface area contributed by atoms with Crippen molar-refractivity contribution < 1.29 is 22.8 Å². The third-order valence-corrected chi connectivity index (χ3v) is 8.70. The Morgan fingerprint density at radius 1 is 1.00 bits per heavy atom. The summed E-state index contributed by atoms with van der Waals surface area (Å²) >= 11 is 0. The molecule has 1 unspecified atom stereocenters. The zero-order chi connectivity index (χ0) is 27.3. The Bertz CT molecular complexity index is 1510. The molecule has 0 spiro atoms. The third-order valence-electron chi connectivity index (χ3n) is 8.70. The number of benzene rings is 2. The van der Waals surface area contributed by atoms with E-state index >= 15 is 0 Å². The molecule has 2 fully saturated rings. The number of imidazole rings is 1. The van der Waals surface area contributed by atoms with Crippen LogP contribution in [-0.2, 0) is 9.53 Å². The van der Waals surface area contributed by atoms with E-state index in [1.54, 1.807) is 13.2 Å². The Morgan fingerprint density at radius 2 is 1.79 bits per heavy atom. The SMILES string of the molecule is COC1CCC(n2c([C@@H]3CCCC(=O)C3c3ccc(F)c(F)c3)nc3cc(-c4c(C)noc4C)ccc32)CC1. The monoisotopic (exact) mass is 533 g/mol. The number of aromatic nitrogens is 3. The van der Waals surface area contributed by atoms with Crippen LogP contribution in [0.5, 0.6) is 0 Å². The molecule has 6 rings (SSSR count). The minimum Gasteiger partial charge on any atom is -0.381 e. The second-order valence-electron chi connectivity index (χ2n) is 11.0. The van der Waals surface area contributed by atoms with Crippen LogP contribution in [0.3, 0.4) is 0 Å². The molecule has 2 aliphatic rings. The highest BCUT2D eigenvalue weighted by Gasteiger charge is 2.39. The summed E-state index contributed by atoms with van der Waals surface area (Å²) in [6.07, 6.45) is 5.96. The second kappa shape index (κ2) is 10.3. The molecule has 6 nitrogen and oxygen atoms in total. The van der Waals surface area contributed by atoms with Gasteiger partial charge in [0, 0.05) is 31.1 Å². The van der Waals surface area contributed by atoms with Gasteiger partial charge in [-0.3, -0.25) is 4.79 Å². The molecule has 2 aromatic carbocycles. The fraction of sp³-hybridized carbons (Fsp3) is 0.452. The number of methoxy groups -OCH3 is 1. The number of nitrogens with zero attached hydrogens (tertiary/aromatic N) is 3. The molecule has 2 atom stereocenters. The first-order valence-corrected chi connectivity index (χ1v) is 13.8. The lowest BCUT2D eigenvalue weighted by atomic mass is 9.74. The number of hydrogen-bond acceptors (Lipinski definition) is 5. The van der Waals surface area contributed by atoms with E-state index in [0.717, 1.165) is 84.0 Å². The Hall–Kier alpha value is -3.39. The van der Waals surface area contributed by atoms with Crippen molar-refractivity contribution in [2.45, 2.75) is 82.8 Å². The quantitative estimate of drug-likeness (QED) is 0.269. The maximum absolute atomic E-state index is 14.3. The average molecular weight is 534 g/mol. The molecule has 39 heavy (non-hydrogen) atoms. The standard InChI is InChI=1S/C31H33F2N3O3/c1-17-29(18(2)39-35-17)20-8-14-27-26(16-20)34-31(36(27)21-9-11-22(38-3)12-10-21)23-5-4-6-28(37)30(23)19-7-13-24(32)25(33)15-19/h7-8,13-16,21-23,30H,4-6,9-12H2,1-3H3/t21?,22?,23-,30?/m1/s1. The molecule has 2 saturated carbocycles. The van der Waals surface area contributed by atoms with Gasteiger partial charge in [0.25, 0.3) is 0 Å². The molecule has 0 radical (unpaired) electrons. The molecule has 0 saturated heterocycles. The van der Waals surface area contributed by atoms with Crippen molar-refractivity contribution in [2.75, 3.05) is 7.11 Å². The van der Waals surface area contributed by atoms with Crippen molar-refractivity contribution in [3.63, 3.8) is 0 Å². The number of Topliss-reactive ketones (excluding diaryl/α,β-unsaturated/α-hetero) is 1. The zero-order valence-corrected chi connectivity index (χ0v) is 22.5. The van der Waals surface area contributed by atoms with Gasteiger partial charge in [0.15, 0.2) is 11.6 Å². The van der Waals surface area contributed by atoms with E-state index < -0.39 is 17.6 Å². The van der Waals surface area contributed by atoms with Gasteiger partial charge in [-0.2, -0.15) is 0 Å². The van der Waals surface area contributed by atoms with Gasteiger partial charge in [-0.25, -0.2) is 13.8 Å². The average Bonchev–Trinajstić information content (AvgIpc) is 3.48. The Kier molecular flexibility index (Phi) is 6.83. The summed E-state index contributed by atoms with van der Waals surface area (Å²) in [6, 6.07) is 10.3. The van der Waals surface area contributed by atoms with Crippen LogP contribution in [0.25, 0.3) is 22.2 Å². The maximum Gasteiger partial charge on any atom is 0.159 e. The first-order chi connectivity index (χ1) is 18.9. The normalized spacial score (nSPS) is 24.0. The van der Waals surface area contributed by atoms with E-state index in [4.69, 9.17) is 14.2 Å². The second-order valence-corrected chi connectivity index (χ2v) is 11.0. The van der Waals surface area contributed by atoms with Gasteiger partial charge in [-0.05, 0) is 87.8 Å². The van der Waals surface area contributed by atoms with Crippen LogP contribution >= 0.6 is 0 Å². The van der Waals surface area contributed by atoms with E-state index in [9.17, 15) is 13.6 Å². The molecule has 204 valence electrons. The number of carbonyl (C=O) groups is 1. The van der Waals surface area contributed by atoms with E-state index in [1.807, 2.05) is 13.8 Å². The van der Waals surface area contributed by atoms with Gasteiger partial charge >= 0.3 is 0 Å². The molecule has 2 aromatic heterocycles. The number of ketones is 1. The van der Waals surface area contributed by atoms with Crippen molar-refractivity contribution in [2.24, 2.45) is 0 Å². The zero-order valence-electron chi connectivity index (χ0n) is 22.5. The van der Waals surface area contributed by atoms with Gasteiger partial charge in [-0.15, -0.1) is 0 Å². The summed E-state index contributed by atoms with van der Waals surface area (Å²) in [6.45, 7) is 3.83. The van der Waals surface area contributed by atoms with Gasteiger partial charge in [0.2, 0.25) is 0 Å². The van der Waals surface area contributed by atoms with Crippen LogP contribution in [0.15, 0.2) is 40.9 Å². The lowest BCUT2D eigenvalue weighted by Crippen LogP contribution is -2.30. The molecule has 0 N–H and O–H groups in total. The number of hydrogen-bond donors (Lipinski definition) is 0. The van der Waals surface area contributed by atoms with Crippen LogP contribution in [0.1, 0.15) is 85.7 Å². The van der Waals surface area contributed by atoms with Crippen molar-refractivity contribution >= 4 is 16.8 Å². The van der Waals surface area contributed by atoms with Crippen molar-refractivity contribution in [3.05, 3.63) is 70.9 Å². The predicted molar refractivity (Wildman–Crippen MR) is 144 cm³/mol. The molecule has 0 bridgehead atoms. The van der Waals surface area contributed by atoms with Gasteiger partial charge in [0.1, 0.15) is 17.4 Å². The Balaban J connectivity index is 1.50. The first-order valence-electron chi connectivity index (χ1n) is 13.8. The summed E-state index contributed by atoms with van der Waals surface area (Å²) in [7, 11) is 1.76. The summed E-state index contributed by atoms with van der Waals surface area (Å²) in [4.78, 5) is 18.5. The Morgan fingerprint density at radius 3 is 2.49 bits per heavy atom. The minimum absolute atomic E-state index is 0.0513. The Labute approximate surface area is 226 Å². The number of fused-ring (bicyclic) bond motifs is 1. The molecule has 2 heterocycles. The fourth-order valence-electron chi connectivity index (χ4n) is 6.80. The number of aryl methyl sites for hydroxylation is 2. The largest absolute Gasteiger partial charge is 0.381 e. The smallest absolute Gasteiger partial charge is 0.159 e. The first kappa shape index (κ1) is 25.9. The van der Waals surface area contributed by atoms with E-state index in [-0.39, 0.29) is 23.8 Å². The van der Waals surface area contributed by atoms with Crippen LogP contribution in [0.2, 0.25) is 0 Å². The molecule has 8 heteroatoms. The molecular formula is C31H33F2N3O3. The number of carbonyl (C=O) groups excluding carboxylic acids is 1. The van der Waals surface area contributed by atoms with Crippen molar-refractivity contribution in [3.8, 4) is 11.1 Å². The van der Waals surface area contributed by atoms with Crippen LogP contribution in [0.4, 0.5) is 8.78 Å². The van der Waals surface area contributed by atoms with E-state index in [0.29, 0.717) is 12.0 Å². The summed E-state index contributed by atoms with van der Waals surface area (Å²) in [5.41, 5.74) is 5.14. The van der Waals surface area contributed by atoms with Crippen LogP contribution in [0, 0.1) is 25.5 Å². The lowest BCUT2D eigenvalue weighted by molar-refractivity contribution is -0.122. The number of rotatable bonds is 5. The highest BCUT2D eigenvalue weighted by molar-refractivity contribution is 5.88. The summed E-state index contributed by atoms with van der Waals surface area (Å²) in [5.74, 6) is -0.985. The van der Waals surface area contributed by atoms with E-state index in [1.165, 1.54) is 6.07 Å². The van der Waals surface area contributed by atoms with Crippen LogP contribution < -0.4 is 0 Å². The highest BCUT2D eigenvalue weighted by Crippen LogP contribution is 2.45. The number of ether oxygens (including phenoxy) is 1. The van der Waals surface area contributed by atoms with Gasteiger partial charge < -0.3 is 13.8 Å². The van der Waals surface area contributed by atoms with Gasteiger partial charge in [0.05, 0.1) is 28.7 Å². The minimum atomic E-state index is -0.930. The third kappa shape index (κ3) is 4.58.